The van der Waals surface area contributed by atoms with Crippen LogP contribution >= 0.6 is 7.82 Å². The molecule has 0 aliphatic carbocycles. The molecule has 0 spiro atoms. The molecule has 1 atom stereocenters. The minimum absolute atomic E-state index is 0.106. The van der Waals surface area contributed by atoms with Gasteiger partial charge in [0.05, 0.1) is 0 Å². The second-order valence-corrected chi connectivity index (χ2v) is 9.96. The molecule has 1 unspecified atom stereocenters. The molecule has 6 nitrogen and oxygen atoms in total. The van der Waals surface area contributed by atoms with E-state index in [1.54, 1.807) is 12.1 Å². The molecular formula is C25H44NO5P. The van der Waals surface area contributed by atoms with Crippen LogP contribution in [0.1, 0.15) is 102 Å². The van der Waals surface area contributed by atoms with Gasteiger partial charge in [-0.2, -0.15) is 0 Å². The lowest BCUT2D eigenvalue weighted by atomic mass is 10.0. The van der Waals surface area contributed by atoms with Gasteiger partial charge in [-0.05, 0) is 30.5 Å². The molecule has 32 heavy (non-hydrogen) atoms. The number of rotatable bonds is 20. The Morgan fingerprint density at radius 1 is 0.875 bits per heavy atom. The van der Waals surface area contributed by atoms with E-state index in [2.05, 4.69) is 16.8 Å². The van der Waals surface area contributed by atoms with E-state index in [0.29, 0.717) is 19.4 Å². The van der Waals surface area contributed by atoms with E-state index in [-0.39, 0.29) is 11.7 Å². The van der Waals surface area contributed by atoms with Crippen molar-refractivity contribution in [2.45, 2.75) is 103 Å². The number of amides is 1. The molecule has 184 valence electrons. The van der Waals surface area contributed by atoms with Crippen molar-refractivity contribution in [3.63, 3.8) is 0 Å². The predicted octanol–water partition coefficient (Wildman–Crippen LogP) is 6.95. The summed E-state index contributed by atoms with van der Waals surface area (Å²) in [4.78, 5) is 21.3. The molecule has 0 heterocycles. The van der Waals surface area contributed by atoms with Crippen LogP contribution in [0.15, 0.2) is 24.3 Å². The van der Waals surface area contributed by atoms with Crippen molar-refractivity contribution in [2.75, 3.05) is 13.7 Å². The van der Waals surface area contributed by atoms with Crippen LogP contribution in [0.3, 0.4) is 0 Å². The van der Waals surface area contributed by atoms with E-state index in [1.165, 1.54) is 70.6 Å². The topological polar surface area (TPSA) is 84.9 Å². The Kier molecular flexibility index (Phi) is 16.2. The number of phosphoric ester groups is 1. The molecule has 2 N–H and O–H groups in total. The van der Waals surface area contributed by atoms with Gasteiger partial charge < -0.3 is 9.84 Å². The molecule has 0 saturated carbocycles. The first-order chi connectivity index (χ1) is 15.5. The quantitative estimate of drug-likeness (QED) is 0.159. The number of nitrogens with one attached hydrogen (secondary N) is 1. The molecule has 1 amide bonds. The highest BCUT2D eigenvalue weighted by atomic mass is 31.2. The Balaban J connectivity index is 1.96. The number of phosphoric acid groups is 1. The van der Waals surface area contributed by atoms with Crippen LogP contribution < -0.4 is 9.84 Å². The maximum atomic E-state index is 12.0. The van der Waals surface area contributed by atoms with Gasteiger partial charge in [0.2, 0.25) is 5.91 Å². The van der Waals surface area contributed by atoms with Crippen LogP contribution in [0.25, 0.3) is 0 Å². The summed E-state index contributed by atoms with van der Waals surface area (Å²) in [6.45, 7) is 2.84. The SMILES string of the molecule is CCCCCCCCCCCCCCCC(=O)NCCc1ccc(OP(=O)(O)OC)cc1. The van der Waals surface area contributed by atoms with Gasteiger partial charge in [-0.15, -0.1) is 0 Å². The Labute approximate surface area is 195 Å². The molecular weight excluding hydrogens is 425 g/mol. The number of benzene rings is 1. The molecule has 7 heteroatoms. The molecule has 1 aromatic rings. The first-order valence-electron chi connectivity index (χ1n) is 12.4. The molecule has 0 aliphatic rings. The monoisotopic (exact) mass is 469 g/mol. The fourth-order valence-corrected chi connectivity index (χ4v) is 4.09. The summed E-state index contributed by atoms with van der Waals surface area (Å²) in [6.07, 6.45) is 18.2. The second kappa shape index (κ2) is 18.1. The van der Waals surface area contributed by atoms with E-state index >= 15 is 0 Å². The summed E-state index contributed by atoms with van der Waals surface area (Å²) in [6, 6.07) is 6.85. The fraction of sp³-hybridized carbons (Fsp3) is 0.720. The number of unbranched alkanes of at least 4 members (excludes halogenated alkanes) is 12. The van der Waals surface area contributed by atoms with Gasteiger partial charge in [0.1, 0.15) is 5.75 Å². The first kappa shape index (κ1) is 28.7. The van der Waals surface area contributed by atoms with Crippen LogP contribution in [0.2, 0.25) is 0 Å². The lowest BCUT2D eigenvalue weighted by Gasteiger charge is -2.11. The fourth-order valence-electron chi connectivity index (χ4n) is 3.63. The zero-order valence-electron chi connectivity index (χ0n) is 20.2. The standard InChI is InChI=1S/C25H44NO5P/c1-3-4-5-6-7-8-9-10-11-12-13-14-15-16-25(27)26-22-21-23-17-19-24(20-18-23)31-32(28,29)30-2/h17-20H,3-16,21-22H2,1-2H3,(H,26,27)(H,28,29). The number of carbonyl (C=O) groups excluding carboxylic acids is 1. The van der Waals surface area contributed by atoms with E-state index in [1.807, 2.05) is 12.1 Å². The zero-order valence-corrected chi connectivity index (χ0v) is 21.0. The van der Waals surface area contributed by atoms with Gasteiger partial charge in [0.15, 0.2) is 0 Å². The molecule has 0 bridgehead atoms. The van der Waals surface area contributed by atoms with Gasteiger partial charge in [-0.3, -0.25) is 14.2 Å². The van der Waals surface area contributed by atoms with E-state index in [4.69, 9.17) is 4.52 Å². The Morgan fingerprint density at radius 3 is 1.88 bits per heavy atom. The van der Waals surface area contributed by atoms with Crippen LogP contribution in [0, 0.1) is 0 Å². The Bertz CT molecular complexity index is 650. The third-order valence-corrected chi connectivity index (χ3v) is 6.52. The van der Waals surface area contributed by atoms with E-state index < -0.39 is 7.82 Å². The van der Waals surface area contributed by atoms with E-state index in [9.17, 15) is 14.3 Å². The molecule has 1 aromatic carbocycles. The summed E-state index contributed by atoms with van der Waals surface area (Å²) in [5.41, 5.74) is 1.02. The first-order valence-corrected chi connectivity index (χ1v) is 13.9. The predicted molar refractivity (Wildman–Crippen MR) is 131 cm³/mol. The summed E-state index contributed by atoms with van der Waals surface area (Å²) in [5.74, 6) is 0.377. The Hall–Kier alpha value is -1.36. The average molecular weight is 470 g/mol. The average Bonchev–Trinajstić information content (AvgIpc) is 2.78. The highest BCUT2D eigenvalue weighted by Gasteiger charge is 2.19. The molecule has 0 aliphatic heterocycles. The van der Waals surface area contributed by atoms with Crippen molar-refractivity contribution in [3.8, 4) is 5.75 Å². The molecule has 0 radical (unpaired) electrons. The normalized spacial score (nSPS) is 13.0. The third-order valence-electron chi connectivity index (χ3n) is 5.62. The number of hydrogen-bond donors (Lipinski definition) is 2. The molecule has 0 aromatic heterocycles. The van der Waals surface area contributed by atoms with Crippen LogP contribution in [-0.2, 0) is 20.3 Å². The van der Waals surface area contributed by atoms with Crippen molar-refractivity contribution in [3.05, 3.63) is 29.8 Å². The van der Waals surface area contributed by atoms with Crippen LogP contribution in [-0.4, -0.2) is 24.5 Å². The van der Waals surface area contributed by atoms with Gasteiger partial charge >= 0.3 is 7.82 Å². The minimum Gasteiger partial charge on any atom is -0.404 e. The summed E-state index contributed by atoms with van der Waals surface area (Å²) in [7, 11) is -2.91. The van der Waals surface area contributed by atoms with Gasteiger partial charge in [-0.1, -0.05) is 96.1 Å². The summed E-state index contributed by atoms with van der Waals surface area (Å²) in [5, 5.41) is 2.96. The second-order valence-electron chi connectivity index (χ2n) is 8.48. The van der Waals surface area contributed by atoms with Crippen LogP contribution in [0.4, 0.5) is 0 Å². The van der Waals surface area contributed by atoms with Crippen molar-refractivity contribution >= 4 is 13.7 Å². The van der Waals surface area contributed by atoms with Crippen molar-refractivity contribution in [1.29, 1.82) is 0 Å². The smallest absolute Gasteiger partial charge is 0.404 e. The minimum atomic E-state index is -4.03. The lowest BCUT2D eigenvalue weighted by molar-refractivity contribution is -0.121. The van der Waals surface area contributed by atoms with Crippen molar-refractivity contribution in [2.24, 2.45) is 0 Å². The third kappa shape index (κ3) is 15.4. The maximum Gasteiger partial charge on any atom is 0.527 e. The van der Waals surface area contributed by atoms with Gasteiger partial charge in [-0.25, -0.2) is 4.57 Å². The largest absolute Gasteiger partial charge is 0.527 e. The van der Waals surface area contributed by atoms with Crippen molar-refractivity contribution < 1.29 is 23.3 Å². The lowest BCUT2D eigenvalue weighted by Crippen LogP contribution is -2.25. The highest BCUT2D eigenvalue weighted by Crippen LogP contribution is 2.42. The number of hydrogen-bond acceptors (Lipinski definition) is 4. The van der Waals surface area contributed by atoms with Crippen LogP contribution in [0.5, 0.6) is 5.75 Å². The molecule has 0 saturated heterocycles. The zero-order chi connectivity index (χ0) is 23.5. The van der Waals surface area contributed by atoms with Gasteiger partial charge in [0, 0.05) is 20.1 Å². The number of carbonyl (C=O) groups is 1. The van der Waals surface area contributed by atoms with Gasteiger partial charge in [0.25, 0.3) is 0 Å². The maximum absolute atomic E-state index is 12.0. The summed E-state index contributed by atoms with van der Waals surface area (Å²) >= 11 is 0. The summed E-state index contributed by atoms with van der Waals surface area (Å²) < 4.78 is 20.7. The molecule has 0 fully saturated rings. The highest BCUT2D eigenvalue weighted by molar-refractivity contribution is 7.47. The Morgan fingerprint density at radius 2 is 1.38 bits per heavy atom. The van der Waals surface area contributed by atoms with Crippen molar-refractivity contribution in [1.82, 2.24) is 5.32 Å². The molecule has 1 rings (SSSR count). The van der Waals surface area contributed by atoms with E-state index in [0.717, 1.165) is 25.5 Å².